The Morgan fingerprint density at radius 2 is 2.31 bits per heavy atom. The van der Waals surface area contributed by atoms with Crippen molar-refractivity contribution >= 4 is 11.8 Å². The van der Waals surface area contributed by atoms with Crippen molar-refractivity contribution in [1.82, 2.24) is 5.32 Å². The number of thioether (sulfide) groups is 1. The number of rotatable bonds is 1. The second-order valence-corrected chi connectivity index (χ2v) is 5.16. The first-order valence-electron chi connectivity index (χ1n) is 5.24. The minimum absolute atomic E-state index is 0.0855. The molecule has 0 aromatic rings. The standard InChI is InChI=1S/C10H14F3NOS/c1-6(10(11,12)13)7-5-16-8-4-14-2-3-15-9(7)8/h5-6,8-9,14H,2-4H2,1H3. The van der Waals surface area contributed by atoms with Crippen LogP contribution in [0.3, 0.4) is 0 Å². The molecule has 2 aliphatic rings. The fourth-order valence-electron chi connectivity index (χ4n) is 1.92. The van der Waals surface area contributed by atoms with E-state index in [1.807, 2.05) is 0 Å². The molecule has 0 saturated carbocycles. The Balaban J connectivity index is 2.11. The summed E-state index contributed by atoms with van der Waals surface area (Å²) in [7, 11) is 0. The monoisotopic (exact) mass is 253 g/mol. The Kier molecular flexibility index (Phi) is 3.51. The van der Waals surface area contributed by atoms with Crippen molar-refractivity contribution in [2.75, 3.05) is 19.7 Å². The summed E-state index contributed by atoms with van der Waals surface area (Å²) in [6, 6.07) is 0. The summed E-state index contributed by atoms with van der Waals surface area (Å²) in [5.41, 5.74) is 0.381. The molecule has 0 spiro atoms. The van der Waals surface area contributed by atoms with Crippen LogP contribution < -0.4 is 5.32 Å². The number of nitrogens with one attached hydrogen (secondary N) is 1. The number of halogens is 3. The molecule has 0 aromatic carbocycles. The number of ether oxygens (including phenoxy) is 1. The zero-order valence-electron chi connectivity index (χ0n) is 8.88. The molecular formula is C10H14F3NOS. The SMILES string of the molecule is CC(C1=CSC2CNCCOC12)C(F)(F)F. The predicted octanol–water partition coefficient (Wildman–Crippen LogP) is 2.17. The van der Waals surface area contributed by atoms with E-state index in [9.17, 15) is 13.2 Å². The molecule has 1 saturated heterocycles. The molecule has 1 fully saturated rings. The van der Waals surface area contributed by atoms with Crippen molar-refractivity contribution in [2.24, 2.45) is 5.92 Å². The van der Waals surface area contributed by atoms with Crippen molar-refractivity contribution in [3.63, 3.8) is 0 Å². The molecule has 2 nitrogen and oxygen atoms in total. The van der Waals surface area contributed by atoms with E-state index in [4.69, 9.17) is 4.74 Å². The molecule has 6 heteroatoms. The van der Waals surface area contributed by atoms with Gasteiger partial charge in [0.25, 0.3) is 0 Å². The first-order chi connectivity index (χ1) is 7.50. The fourth-order valence-corrected chi connectivity index (χ4v) is 3.18. The average molecular weight is 253 g/mol. The highest BCUT2D eigenvalue weighted by Crippen LogP contribution is 2.42. The van der Waals surface area contributed by atoms with Crippen LogP contribution in [-0.2, 0) is 4.74 Å². The fraction of sp³-hybridized carbons (Fsp3) is 0.800. The Hall–Kier alpha value is -0.200. The number of fused-ring (bicyclic) bond motifs is 1. The number of hydrogen-bond donors (Lipinski definition) is 1. The van der Waals surface area contributed by atoms with Gasteiger partial charge in [0, 0.05) is 13.1 Å². The normalized spacial score (nSPS) is 32.9. The summed E-state index contributed by atoms with van der Waals surface area (Å²) in [5.74, 6) is -1.41. The van der Waals surface area contributed by atoms with E-state index in [1.165, 1.54) is 18.7 Å². The zero-order valence-corrected chi connectivity index (χ0v) is 9.70. The van der Waals surface area contributed by atoms with Gasteiger partial charge in [0.2, 0.25) is 0 Å². The van der Waals surface area contributed by atoms with Gasteiger partial charge in [0.1, 0.15) is 0 Å². The van der Waals surface area contributed by atoms with E-state index in [0.29, 0.717) is 25.3 Å². The molecule has 0 aromatic heterocycles. The van der Waals surface area contributed by atoms with E-state index >= 15 is 0 Å². The maximum Gasteiger partial charge on any atom is 0.395 e. The van der Waals surface area contributed by atoms with Crippen molar-refractivity contribution in [3.8, 4) is 0 Å². The quantitative estimate of drug-likeness (QED) is 0.774. The second kappa shape index (κ2) is 4.58. The predicted molar refractivity (Wildman–Crippen MR) is 57.3 cm³/mol. The molecule has 2 rings (SSSR count). The van der Waals surface area contributed by atoms with Gasteiger partial charge >= 0.3 is 6.18 Å². The second-order valence-electron chi connectivity index (χ2n) is 4.05. The van der Waals surface area contributed by atoms with Crippen LogP contribution >= 0.6 is 11.8 Å². The van der Waals surface area contributed by atoms with Crippen molar-refractivity contribution in [1.29, 1.82) is 0 Å². The van der Waals surface area contributed by atoms with Gasteiger partial charge in [-0.15, -0.1) is 11.8 Å². The van der Waals surface area contributed by atoms with E-state index in [2.05, 4.69) is 5.32 Å². The first kappa shape index (κ1) is 12.3. The van der Waals surface area contributed by atoms with Gasteiger partial charge in [-0.1, -0.05) is 0 Å². The van der Waals surface area contributed by atoms with Gasteiger partial charge in [-0.05, 0) is 17.9 Å². The highest BCUT2D eigenvalue weighted by atomic mass is 32.2. The molecule has 2 aliphatic heterocycles. The smallest absolute Gasteiger partial charge is 0.371 e. The van der Waals surface area contributed by atoms with E-state index in [-0.39, 0.29) is 11.4 Å². The van der Waals surface area contributed by atoms with Gasteiger partial charge in [-0.3, -0.25) is 0 Å². The van der Waals surface area contributed by atoms with E-state index < -0.39 is 12.1 Å². The lowest BCUT2D eigenvalue weighted by atomic mass is 9.95. The highest BCUT2D eigenvalue weighted by molar-refractivity contribution is 8.03. The lowest BCUT2D eigenvalue weighted by molar-refractivity contribution is -0.162. The van der Waals surface area contributed by atoms with Crippen molar-refractivity contribution in [2.45, 2.75) is 24.5 Å². The van der Waals surface area contributed by atoms with Crippen LogP contribution in [0.1, 0.15) is 6.92 Å². The average Bonchev–Trinajstić information content (AvgIpc) is 2.44. The number of alkyl halides is 3. The lowest BCUT2D eigenvalue weighted by Crippen LogP contribution is -2.34. The summed E-state index contributed by atoms with van der Waals surface area (Å²) < 4.78 is 43.4. The third kappa shape index (κ3) is 2.38. The van der Waals surface area contributed by atoms with E-state index in [1.54, 1.807) is 5.41 Å². The van der Waals surface area contributed by atoms with Crippen LogP contribution in [0.4, 0.5) is 13.2 Å². The first-order valence-corrected chi connectivity index (χ1v) is 6.19. The Morgan fingerprint density at radius 3 is 3.00 bits per heavy atom. The minimum atomic E-state index is -4.18. The van der Waals surface area contributed by atoms with Gasteiger partial charge in [-0.25, -0.2) is 0 Å². The maximum atomic E-state index is 12.6. The summed E-state index contributed by atoms with van der Waals surface area (Å²) in [6.07, 6.45) is -4.55. The molecule has 0 bridgehead atoms. The van der Waals surface area contributed by atoms with E-state index in [0.717, 1.165) is 0 Å². The lowest BCUT2D eigenvalue weighted by Gasteiger charge is -2.24. The molecule has 3 unspecified atom stereocenters. The summed E-state index contributed by atoms with van der Waals surface area (Å²) in [6.45, 7) is 3.10. The van der Waals surface area contributed by atoms with Crippen molar-refractivity contribution < 1.29 is 17.9 Å². The summed E-state index contributed by atoms with van der Waals surface area (Å²) >= 11 is 1.44. The van der Waals surface area contributed by atoms with Gasteiger partial charge in [-0.2, -0.15) is 13.2 Å². The van der Waals surface area contributed by atoms with Crippen LogP contribution in [0, 0.1) is 5.92 Å². The number of hydrogen-bond acceptors (Lipinski definition) is 3. The molecular weight excluding hydrogens is 239 g/mol. The van der Waals surface area contributed by atoms with Gasteiger partial charge < -0.3 is 10.1 Å². The molecule has 0 amide bonds. The van der Waals surface area contributed by atoms with Crippen LogP contribution in [0.15, 0.2) is 11.0 Å². The van der Waals surface area contributed by atoms with Gasteiger partial charge in [0.05, 0.1) is 23.9 Å². The molecule has 3 atom stereocenters. The Bertz CT molecular complexity index is 292. The Labute approximate surface area is 96.6 Å². The van der Waals surface area contributed by atoms with Crippen LogP contribution in [0.2, 0.25) is 0 Å². The van der Waals surface area contributed by atoms with Gasteiger partial charge in [0.15, 0.2) is 0 Å². The third-order valence-electron chi connectivity index (χ3n) is 2.96. The molecule has 0 radical (unpaired) electrons. The van der Waals surface area contributed by atoms with Crippen LogP contribution in [-0.4, -0.2) is 37.2 Å². The van der Waals surface area contributed by atoms with Crippen LogP contribution in [0.5, 0.6) is 0 Å². The maximum absolute atomic E-state index is 12.6. The molecule has 0 aliphatic carbocycles. The minimum Gasteiger partial charge on any atom is -0.371 e. The highest BCUT2D eigenvalue weighted by Gasteiger charge is 2.45. The molecule has 1 N–H and O–H groups in total. The molecule has 2 heterocycles. The zero-order chi connectivity index (χ0) is 11.8. The third-order valence-corrected chi connectivity index (χ3v) is 4.13. The van der Waals surface area contributed by atoms with Crippen LogP contribution in [0.25, 0.3) is 0 Å². The largest absolute Gasteiger partial charge is 0.395 e. The summed E-state index contributed by atoms with van der Waals surface area (Å²) in [4.78, 5) is 0. The molecule has 92 valence electrons. The Morgan fingerprint density at radius 1 is 1.56 bits per heavy atom. The van der Waals surface area contributed by atoms with Crippen molar-refractivity contribution in [3.05, 3.63) is 11.0 Å². The summed E-state index contributed by atoms with van der Waals surface area (Å²) in [5, 5.41) is 4.87. The topological polar surface area (TPSA) is 21.3 Å². The molecule has 16 heavy (non-hydrogen) atoms.